The van der Waals surface area contributed by atoms with Gasteiger partial charge in [-0.25, -0.2) is 4.79 Å². The van der Waals surface area contributed by atoms with Crippen LogP contribution < -0.4 is 5.32 Å². The third kappa shape index (κ3) is 4.68. The Morgan fingerprint density at radius 3 is 2.09 bits per heavy atom. The van der Waals surface area contributed by atoms with E-state index in [0.29, 0.717) is 28.6 Å². The Morgan fingerprint density at radius 2 is 1.56 bits per heavy atom. The molecule has 1 N–H and O–H groups in total. The summed E-state index contributed by atoms with van der Waals surface area (Å²) in [7, 11) is 0. The first-order chi connectivity index (χ1) is 15.0. The van der Waals surface area contributed by atoms with E-state index < -0.39 is 36.3 Å². The second-order valence-electron chi connectivity index (χ2n) is 6.78. The van der Waals surface area contributed by atoms with Crippen LogP contribution in [-0.2, 0) is 14.3 Å². The lowest BCUT2D eigenvalue weighted by Crippen LogP contribution is -2.44. The number of amides is 3. The zero-order chi connectivity index (χ0) is 23.9. The number of halogens is 5. The highest BCUT2D eigenvalue weighted by atomic mass is 79.9. The van der Waals surface area contributed by atoms with Gasteiger partial charge in [0.05, 0.1) is 11.1 Å². The van der Waals surface area contributed by atoms with Crippen LogP contribution in [0, 0.1) is 6.92 Å². The molecule has 0 fully saturated rings. The molecule has 1 heterocycles. The van der Waals surface area contributed by atoms with Gasteiger partial charge in [-0.05, 0) is 95.3 Å². The largest absolute Gasteiger partial charge is 0.454 e. The number of esters is 1. The summed E-state index contributed by atoms with van der Waals surface area (Å²) in [5, 5.41) is 3.05. The van der Waals surface area contributed by atoms with Crippen LogP contribution in [0.5, 0.6) is 0 Å². The second-order valence-corrected chi connectivity index (χ2v) is 10.4. The van der Waals surface area contributed by atoms with Crippen LogP contribution in [0.4, 0.5) is 5.69 Å². The van der Waals surface area contributed by atoms with E-state index >= 15 is 0 Å². The zero-order valence-corrected chi connectivity index (χ0v) is 23.5. The van der Waals surface area contributed by atoms with E-state index in [1.54, 1.807) is 25.1 Å². The molecule has 12 heteroatoms. The van der Waals surface area contributed by atoms with E-state index in [9.17, 15) is 19.2 Å². The Bertz CT molecular complexity index is 1140. The molecule has 0 spiro atoms. The molecule has 1 aliphatic heterocycles. The molecule has 3 amide bonds. The van der Waals surface area contributed by atoms with Gasteiger partial charge in [0.25, 0.3) is 17.7 Å². The van der Waals surface area contributed by atoms with E-state index in [0.717, 1.165) is 10.5 Å². The van der Waals surface area contributed by atoms with Crippen LogP contribution in [0.3, 0.4) is 0 Å². The van der Waals surface area contributed by atoms with Crippen LogP contribution in [0.2, 0.25) is 5.02 Å². The molecule has 0 bridgehead atoms. The number of imide groups is 1. The summed E-state index contributed by atoms with van der Waals surface area (Å²) in [5.41, 5.74) is 1.50. The maximum atomic E-state index is 13.0. The average Bonchev–Trinajstić information content (AvgIpc) is 3.01. The molecule has 0 saturated heterocycles. The Morgan fingerprint density at radius 1 is 1.03 bits per heavy atom. The summed E-state index contributed by atoms with van der Waals surface area (Å²) in [6.45, 7) is 2.55. The summed E-state index contributed by atoms with van der Waals surface area (Å²) < 4.78 is 6.88. The number of rotatable bonds is 5. The number of carbonyl (C=O) groups excluding carboxylic acids is 4. The van der Waals surface area contributed by atoms with Crippen molar-refractivity contribution in [1.82, 2.24) is 4.90 Å². The van der Waals surface area contributed by atoms with Crippen molar-refractivity contribution in [2.45, 2.75) is 19.9 Å². The first-order valence-electron chi connectivity index (χ1n) is 8.92. The Balaban J connectivity index is 1.72. The highest BCUT2D eigenvalue weighted by Crippen LogP contribution is 2.45. The van der Waals surface area contributed by atoms with Gasteiger partial charge in [0, 0.05) is 28.6 Å². The lowest BCUT2D eigenvalue weighted by Gasteiger charge is -2.21. The molecule has 0 saturated carbocycles. The van der Waals surface area contributed by atoms with Crippen molar-refractivity contribution in [3.63, 3.8) is 0 Å². The van der Waals surface area contributed by atoms with Gasteiger partial charge in [0.1, 0.15) is 6.04 Å². The molecule has 1 aliphatic rings. The number of fused-ring (bicyclic) bond motifs is 1. The van der Waals surface area contributed by atoms with Gasteiger partial charge in [-0.3, -0.25) is 19.3 Å². The molecule has 1 atom stereocenters. The van der Waals surface area contributed by atoms with E-state index in [2.05, 4.69) is 69.0 Å². The highest BCUT2D eigenvalue weighted by Gasteiger charge is 2.45. The molecule has 3 rings (SSSR count). The molecule has 0 aliphatic carbocycles. The standard InChI is InChI=1S/C20H13Br4ClN2O5/c1-7-3-4-9(25)5-10(7)26-11(28)6-32-20(31)8(2)27-18(29)12-13(19(27)30)15(22)17(24)16(23)14(12)21/h3-5,8H,6H2,1-2H3,(H,26,28). The third-order valence-electron chi connectivity index (χ3n) is 4.68. The summed E-state index contributed by atoms with van der Waals surface area (Å²) in [5.74, 6) is -2.80. The number of hydrogen-bond acceptors (Lipinski definition) is 5. The van der Waals surface area contributed by atoms with Gasteiger partial charge in [-0.1, -0.05) is 17.7 Å². The maximum absolute atomic E-state index is 13.0. The SMILES string of the molecule is Cc1ccc(Cl)cc1NC(=O)COC(=O)C(C)N1C(=O)c2c(Br)c(Br)c(Br)c(Br)c2C1=O. The smallest absolute Gasteiger partial charge is 0.329 e. The predicted octanol–water partition coefficient (Wildman–Crippen LogP) is 5.86. The number of ether oxygens (including phenoxy) is 1. The fraction of sp³-hybridized carbons (Fsp3) is 0.200. The molecule has 32 heavy (non-hydrogen) atoms. The number of nitrogens with one attached hydrogen (secondary N) is 1. The number of carbonyl (C=O) groups is 4. The van der Waals surface area contributed by atoms with Crippen LogP contribution in [0.25, 0.3) is 0 Å². The zero-order valence-electron chi connectivity index (χ0n) is 16.4. The van der Waals surface area contributed by atoms with Gasteiger partial charge in [0.15, 0.2) is 6.61 Å². The van der Waals surface area contributed by atoms with Crippen molar-refractivity contribution in [3.8, 4) is 0 Å². The van der Waals surface area contributed by atoms with Crippen molar-refractivity contribution in [1.29, 1.82) is 0 Å². The maximum Gasteiger partial charge on any atom is 0.329 e. The van der Waals surface area contributed by atoms with Crippen molar-refractivity contribution in [3.05, 3.63) is 57.8 Å². The molecule has 7 nitrogen and oxygen atoms in total. The lowest BCUT2D eigenvalue weighted by molar-refractivity contribution is -0.150. The Kier molecular flexibility index (Phi) is 7.86. The second kappa shape index (κ2) is 9.92. The topological polar surface area (TPSA) is 92.8 Å². The Labute approximate surface area is 221 Å². The molecule has 168 valence electrons. The van der Waals surface area contributed by atoms with Crippen molar-refractivity contribution >= 4 is 105 Å². The normalized spacial score (nSPS) is 13.8. The van der Waals surface area contributed by atoms with Crippen LogP contribution >= 0.6 is 75.3 Å². The Hall–Kier alpha value is -1.27. The van der Waals surface area contributed by atoms with Crippen LogP contribution in [0.1, 0.15) is 33.2 Å². The minimum atomic E-state index is -1.25. The minimum absolute atomic E-state index is 0.116. The molecule has 2 aromatic carbocycles. The predicted molar refractivity (Wildman–Crippen MR) is 133 cm³/mol. The fourth-order valence-corrected chi connectivity index (χ4v) is 5.63. The first kappa shape index (κ1) is 25.4. The summed E-state index contributed by atoms with van der Waals surface area (Å²) in [4.78, 5) is 51.5. The highest BCUT2D eigenvalue weighted by molar-refractivity contribution is 9.15. The summed E-state index contributed by atoms with van der Waals surface area (Å²) >= 11 is 19.2. The number of hydrogen-bond donors (Lipinski definition) is 1. The van der Waals surface area contributed by atoms with Crippen molar-refractivity contribution in [2.24, 2.45) is 0 Å². The van der Waals surface area contributed by atoms with Gasteiger partial charge in [-0.15, -0.1) is 0 Å². The first-order valence-corrected chi connectivity index (χ1v) is 12.5. The summed E-state index contributed by atoms with van der Waals surface area (Å²) in [6.07, 6.45) is 0. The van der Waals surface area contributed by atoms with E-state index in [1.807, 2.05) is 0 Å². The van der Waals surface area contributed by atoms with Gasteiger partial charge >= 0.3 is 5.97 Å². The van der Waals surface area contributed by atoms with Crippen molar-refractivity contribution < 1.29 is 23.9 Å². The van der Waals surface area contributed by atoms with E-state index in [-0.39, 0.29) is 11.1 Å². The van der Waals surface area contributed by atoms with Gasteiger partial charge < -0.3 is 10.1 Å². The number of benzene rings is 2. The van der Waals surface area contributed by atoms with E-state index in [4.69, 9.17) is 16.3 Å². The molecule has 1 unspecified atom stereocenters. The molecule has 0 radical (unpaired) electrons. The average molecular weight is 716 g/mol. The number of anilines is 1. The quantitative estimate of drug-likeness (QED) is 0.181. The van der Waals surface area contributed by atoms with Crippen molar-refractivity contribution in [2.75, 3.05) is 11.9 Å². The molecular formula is C20H13Br4ClN2O5. The lowest BCUT2D eigenvalue weighted by atomic mass is 10.1. The molecule has 2 aromatic rings. The molecular weight excluding hydrogens is 703 g/mol. The third-order valence-corrected chi connectivity index (χ3v) is 9.68. The van der Waals surface area contributed by atoms with Crippen LogP contribution in [-0.4, -0.2) is 41.2 Å². The fourth-order valence-electron chi connectivity index (χ4n) is 3.00. The minimum Gasteiger partial charge on any atom is -0.454 e. The molecule has 0 aromatic heterocycles. The van der Waals surface area contributed by atoms with Crippen LogP contribution in [0.15, 0.2) is 36.1 Å². The van der Waals surface area contributed by atoms with Gasteiger partial charge in [-0.2, -0.15) is 0 Å². The van der Waals surface area contributed by atoms with Gasteiger partial charge in [0.2, 0.25) is 0 Å². The van der Waals surface area contributed by atoms with E-state index in [1.165, 1.54) is 6.92 Å². The number of nitrogens with zero attached hydrogens (tertiary/aromatic N) is 1. The summed E-state index contributed by atoms with van der Waals surface area (Å²) in [6, 6.07) is 3.74. The monoisotopic (exact) mass is 712 g/mol. The number of aryl methyl sites for hydroxylation is 1.